The van der Waals surface area contributed by atoms with Gasteiger partial charge in [0.05, 0.1) is 12.5 Å². The number of fused-ring (bicyclic) bond motifs is 1. The summed E-state index contributed by atoms with van der Waals surface area (Å²) >= 11 is 1.60. The van der Waals surface area contributed by atoms with Crippen LogP contribution in [0.4, 0.5) is 11.4 Å². The lowest BCUT2D eigenvalue weighted by atomic mass is 9.89. The zero-order chi connectivity index (χ0) is 21.1. The van der Waals surface area contributed by atoms with Gasteiger partial charge in [0.15, 0.2) is 0 Å². The Kier molecular flexibility index (Phi) is 6.00. The van der Waals surface area contributed by atoms with Gasteiger partial charge in [-0.15, -0.1) is 11.3 Å². The first-order chi connectivity index (χ1) is 14.6. The van der Waals surface area contributed by atoms with Gasteiger partial charge in [0, 0.05) is 28.7 Å². The van der Waals surface area contributed by atoms with Crippen molar-refractivity contribution < 1.29 is 9.59 Å². The molecule has 4 rings (SSSR count). The molecule has 0 spiro atoms. The molecule has 154 valence electrons. The molecule has 0 saturated heterocycles. The first kappa shape index (κ1) is 20.4. The van der Waals surface area contributed by atoms with Gasteiger partial charge in [0.25, 0.3) is 0 Å². The Balaban J connectivity index is 1.78. The lowest BCUT2D eigenvalue weighted by Crippen LogP contribution is -2.47. The molecule has 5 heteroatoms. The highest BCUT2D eigenvalue weighted by molar-refractivity contribution is 7.10. The van der Waals surface area contributed by atoms with E-state index in [-0.39, 0.29) is 23.9 Å². The second-order valence-electron chi connectivity index (χ2n) is 7.63. The predicted molar refractivity (Wildman–Crippen MR) is 123 cm³/mol. The fraction of sp³-hybridized carbons (Fsp3) is 0.280. The third-order valence-corrected chi connectivity index (χ3v) is 6.53. The molecule has 0 radical (unpaired) electrons. The van der Waals surface area contributed by atoms with Crippen molar-refractivity contribution in [3.8, 4) is 0 Å². The molecular formula is C25H26N2O2S. The van der Waals surface area contributed by atoms with Gasteiger partial charge >= 0.3 is 0 Å². The summed E-state index contributed by atoms with van der Waals surface area (Å²) in [4.78, 5) is 31.1. The lowest BCUT2D eigenvalue weighted by Gasteiger charge is -2.43. The molecule has 0 N–H and O–H groups in total. The number of hydrogen-bond donors (Lipinski definition) is 0. The van der Waals surface area contributed by atoms with Crippen molar-refractivity contribution in [2.45, 2.75) is 45.2 Å². The maximum Gasteiger partial charge on any atom is 0.232 e. The van der Waals surface area contributed by atoms with Crippen molar-refractivity contribution in [3.63, 3.8) is 0 Å². The number of anilines is 2. The van der Waals surface area contributed by atoms with Crippen molar-refractivity contribution in [2.24, 2.45) is 0 Å². The fourth-order valence-corrected chi connectivity index (χ4v) is 5.01. The first-order valence-electron chi connectivity index (χ1n) is 10.4. The summed E-state index contributed by atoms with van der Waals surface area (Å²) in [7, 11) is 0. The average Bonchev–Trinajstić information content (AvgIpc) is 3.27. The largest absolute Gasteiger partial charge is 0.309 e. The molecule has 1 aliphatic rings. The summed E-state index contributed by atoms with van der Waals surface area (Å²) in [5, 5.41) is 2.00. The van der Waals surface area contributed by atoms with Crippen LogP contribution in [0.15, 0.2) is 72.1 Å². The summed E-state index contributed by atoms with van der Waals surface area (Å²) in [6.07, 6.45) is 1.54. The molecule has 1 aliphatic heterocycles. The van der Waals surface area contributed by atoms with Crippen molar-refractivity contribution in [1.29, 1.82) is 0 Å². The summed E-state index contributed by atoms with van der Waals surface area (Å²) in [5.74, 6) is 0.190. The second-order valence-corrected chi connectivity index (χ2v) is 8.66. The molecule has 0 unspecified atom stereocenters. The summed E-state index contributed by atoms with van der Waals surface area (Å²) in [5.41, 5.74) is 2.83. The van der Waals surface area contributed by atoms with Crippen LogP contribution in [0.5, 0.6) is 0 Å². The lowest BCUT2D eigenvalue weighted by molar-refractivity contribution is -0.118. The Bertz CT molecular complexity index is 1020. The van der Waals surface area contributed by atoms with E-state index in [1.807, 2.05) is 82.8 Å². The van der Waals surface area contributed by atoms with Gasteiger partial charge in [-0.25, -0.2) is 0 Å². The highest BCUT2D eigenvalue weighted by atomic mass is 32.1. The molecule has 0 bridgehead atoms. The Labute approximate surface area is 181 Å². The van der Waals surface area contributed by atoms with Crippen molar-refractivity contribution in [2.75, 3.05) is 9.80 Å². The average molecular weight is 419 g/mol. The Morgan fingerprint density at radius 3 is 2.47 bits per heavy atom. The summed E-state index contributed by atoms with van der Waals surface area (Å²) in [6.45, 7) is 3.97. The predicted octanol–water partition coefficient (Wildman–Crippen LogP) is 5.60. The molecule has 2 heterocycles. The van der Waals surface area contributed by atoms with E-state index >= 15 is 0 Å². The van der Waals surface area contributed by atoms with E-state index in [9.17, 15) is 9.59 Å². The number of rotatable bonds is 5. The molecule has 3 aromatic rings. The topological polar surface area (TPSA) is 40.6 Å². The van der Waals surface area contributed by atoms with Crippen molar-refractivity contribution in [1.82, 2.24) is 0 Å². The van der Waals surface area contributed by atoms with Gasteiger partial charge in [0.1, 0.15) is 0 Å². The molecule has 1 aromatic heterocycles. The van der Waals surface area contributed by atoms with Gasteiger partial charge < -0.3 is 9.80 Å². The number of amides is 2. The number of para-hydroxylation sites is 2. The molecule has 30 heavy (non-hydrogen) atoms. The van der Waals surface area contributed by atoms with Crippen molar-refractivity contribution >= 4 is 34.5 Å². The van der Waals surface area contributed by atoms with Crippen LogP contribution in [0.25, 0.3) is 0 Å². The third kappa shape index (κ3) is 3.90. The standard InChI is InChI=1S/C25H26N2O2S/c1-3-24(28)26-18(2)16-23(21-13-7-8-14-22(21)26)27(19-10-5-4-6-11-19)25(29)17-20-12-9-15-30-20/h4-15,18,23H,3,16-17H2,1-2H3/t18-,23+/m0/s1. The third-order valence-electron chi connectivity index (χ3n) is 5.65. The maximum absolute atomic E-state index is 13.6. The molecule has 0 aliphatic carbocycles. The minimum atomic E-state index is -0.119. The Morgan fingerprint density at radius 1 is 1.03 bits per heavy atom. The summed E-state index contributed by atoms with van der Waals surface area (Å²) < 4.78 is 0. The smallest absolute Gasteiger partial charge is 0.232 e. The Morgan fingerprint density at radius 2 is 1.77 bits per heavy atom. The van der Waals surface area contributed by atoms with Gasteiger partial charge in [-0.05, 0) is 48.6 Å². The number of carbonyl (C=O) groups excluding carboxylic acids is 2. The van der Waals surface area contributed by atoms with E-state index in [0.29, 0.717) is 19.3 Å². The summed E-state index contributed by atoms with van der Waals surface area (Å²) in [6, 6.07) is 21.7. The minimum absolute atomic E-state index is 0.0121. The monoisotopic (exact) mass is 418 g/mol. The van der Waals surface area contributed by atoms with Crippen LogP contribution in [-0.4, -0.2) is 17.9 Å². The zero-order valence-corrected chi connectivity index (χ0v) is 18.1. The molecule has 2 atom stereocenters. The van der Waals surface area contributed by atoms with Crippen LogP contribution >= 0.6 is 11.3 Å². The fourth-order valence-electron chi connectivity index (χ4n) is 4.31. The number of thiophene rings is 1. The van der Waals surface area contributed by atoms with Crippen LogP contribution < -0.4 is 9.80 Å². The normalized spacial score (nSPS) is 18.0. The molecule has 2 amide bonds. The SMILES string of the molecule is CCC(=O)N1c2ccccc2[C@H](N(C(=O)Cc2cccs2)c2ccccc2)C[C@@H]1C. The van der Waals surface area contributed by atoms with E-state index in [4.69, 9.17) is 0 Å². The van der Waals surface area contributed by atoms with Gasteiger partial charge in [-0.1, -0.05) is 49.4 Å². The molecular weight excluding hydrogens is 392 g/mol. The molecule has 0 saturated carbocycles. The minimum Gasteiger partial charge on any atom is -0.309 e. The van der Waals surface area contributed by atoms with E-state index in [0.717, 1.165) is 21.8 Å². The number of hydrogen-bond acceptors (Lipinski definition) is 3. The number of nitrogens with zero attached hydrogens (tertiary/aromatic N) is 2. The Hall–Kier alpha value is -2.92. The second kappa shape index (κ2) is 8.84. The highest BCUT2D eigenvalue weighted by Gasteiger charge is 2.38. The van der Waals surface area contributed by atoms with Crippen LogP contribution in [0, 0.1) is 0 Å². The van der Waals surface area contributed by atoms with Gasteiger partial charge in [-0.2, -0.15) is 0 Å². The molecule has 2 aromatic carbocycles. The van der Waals surface area contributed by atoms with Crippen LogP contribution in [-0.2, 0) is 16.0 Å². The van der Waals surface area contributed by atoms with Crippen LogP contribution in [0.1, 0.15) is 43.2 Å². The number of benzene rings is 2. The molecule has 0 fully saturated rings. The molecule has 4 nitrogen and oxygen atoms in total. The van der Waals surface area contributed by atoms with E-state index in [1.54, 1.807) is 11.3 Å². The van der Waals surface area contributed by atoms with Crippen LogP contribution in [0.3, 0.4) is 0 Å². The van der Waals surface area contributed by atoms with Crippen molar-refractivity contribution in [3.05, 3.63) is 82.6 Å². The van der Waals surface area contributed by atoms with E-state index in [1.165, 1.54) is 0 Å². The first-order valence-corrected chi connectivity index (χ1v) is 11.3. The maximum atomic E-state index is 13.6. The van der Waals surface area contributed by atoms with E-state index < -0.39 is 0 Å². The van der Waals surface area contributed by atoms with Crippen LogP contribution in [0.2, 0.25) is 0 Å². The van der Waals surface area contributed by atoms with Gasteiger partial charge in [-0.3, -0.25) is 9.59 Å². The highest BCUT2D eigenvalue weighted by Crippen LogP contribution is 2.42. The quantitative estimate of drug-likeness (QED) is 0.541. The number of carbonyl (C=O) groups is 2. The van der Waals surface area contributed by atoms with E-state index in [2.05, 4.69) is 13.0 Å². The zero-order valence-electron chi connectivity index (χ0n) is 17.3. The van der Waals surface area contributed by atoms with Gasteiger partial charge in [0.2, 0.25) is 11.8 Å².